The van der Waals surface area contributed by atoms with Crippen molar-refractivity contribution in [2.75, 3.05) is 11.9 Å². The molecule has 0 aromatic heterocycles. The highest BCUT2D eigenvalue weighted by atomic mass is 35.5. The Morgan fingerprint density at radius 3 is 2.58 bits per heavy atom. The van der Waals surface area contributed by atoms with Crippen molar-refractivity contribution in [1.82, 2.24) is 0 Å². The first-order chi connectivity index (χ1) is 11.0. The van der Waals surface area contributed by atoms with Crippen molar-refractivity contribution in [1.29, 1.82) is 0 Å². The van der Waals surface area contributed by atoms with Gasteiger partial charge in [0, 0.05) is 6.42 Å². The second-order valence-corrected chi connectivity index (χ2v) is 6.32. The van der Waals surface area contributed by atoms with Crippen molar-refractivity contribution < 1.29 is 18.3 Å². The van der Waals surface area contributed by atoms with Gasteiger partial charge in [-0.2, -0.15) is 8.78 Å². The average Bonchev–Trinajstić information content (AvgIpc) is 2.51. The number of benzene rings is 1. The number of carbonyl (C=O) groups excluding carboxylic acids is 1. The summed E-state index contributed by atoms with van der Waals surface area (Å²) in [6.07, 6.45) is 5.51. The second-order valence-electron chi connectivity index (χ2n) is 6.32. The van der Waals surface area contributed by atoms with Gasteiger partial charge in [-0.1, -0.05) is 31.4 Å². The minimum atomic E-state index is -2.93. The summed E-state index contributed by atoms with van der Waals surface area (Å²) in [6.45, 7) is -0.719. The van der Waals surface area contributed by atoms with Crippen LogP contribution in [0.15, 0.2) is 18.2 Å². The van der Waals surface area contributed by atoms with Gasteiger partial charge in [0.2, 0.25) is 5.91 Å². The van der Waals surface area contributed by atoms with Crippen LogP contribution in [0.1, 0.15) is 44.1 Å². The lowest BCUT2D eigenvalue weighted by Crippen LogP contribution is -2.36. The standard InChI is InChI=1S/C17H24F2N2O2.ClH/c1-12-6-5-7-13(23-16(18)19)15(12)21-14(22)10-17(11-20)8-3-2-4-9-17;/h5-7,16H,2-4,8-11,20H2,1H3,(H,21,22);1H. The normalized spacial score (nSPS) is 16.4. The van der Waals surface area contributed by atoms with E-state index in [4.69, 9.17) is 5.73 Å². The van der Waals surface area contributed by atoms with Gasteiger partial charge in [-0.3, -0.25) is 4.79 Å². The van der Waals surface area contributed by atoms with E-state index in [1.54, 1.807) is 19.1 Å². The maximum absolute atomic E-state index is 12.5. The lowest BCUT2D eigenvalue weighted by Gasteiger charge is -2.35. The largest absolute Gasteiger partial charge is 0.433 e. The van der Waals surface area contributed by atoms with Crippen molar-refractivity contribution in [3.05, 3.63) is 23.8 Å². The van der Waals surface area contributed by atoms with Crippen molar-refractivity contribution in [2.24, 2.45) is 11.1 Å². The molecule has 1 amide bonds. The van der Waals surface area contributed by atoms with Crippen LogP contribution in [0.4, 0.5) is 14.5 Å². The van der Waals surface area contributed by atoms with E-state index in [9.17, 15) is 13.6 Å². The van der Waals surface area contributed by atoms with Crippen LogP contribution in [0.5, 0.6) is 5.75 Å². The lowest BCUT2D eigenvalue weighted by atomic mass is 9.71. The second kappa shape index (κ2) is 9.18. The molecule has 1 saturated carbocycles. The summed E-state index contributed by atoms with van der Waals surface area (Å²) in [6, 6.07) is 4.78. The Morgan fingerprint density at radius 1 is 1.33 bits per heavy atom. The van der Waals surface area contributed by atoms with Crippen LogP contribution in [0.3, 0.4) is 0 Å². The molecule has 24 heavy (non-hydrogen) atoms. The summed E-state index contributed by atoms with van der Waals surface area (Å²) in [5.41, 5.74) is 6.72. The molecule has 0 aliphatic heterocycles. The van der Waals surface area contributed by atoms with Crippen molar-refractivity contribution >= 4 is 24.0 Å². The van der Waals surface area contributed by atoms with Gasteiger partial charge in [-0.15, -0.1) is 12.4 Å². The van der Waals surface area contributed by atoms with E-state index in [2.05, 4.69) is 10.1 Å². The van der Waals surface area contributed by atoms with Gasteiger partial charge in [0.25, 0.3) is 0 Å². The molecule has 1 aliphatic rings. The molecule has 0 radical (unpaired) electrons. The highest BCUT2D eigenvalue weighted by molar-refractivity contribution is 5.93. The van der Waals surface area contributed by atoms with E-state index in [0.29, 0.717) is 24.2 Å². The third kappa shape index (κ3) is 5.31. The van der Waals surface area contributed by atoms with E-state index >= 15 is 0 Å². The number of nitrogens with two attached hydrogens (primary N) is 1. The Kier molecular flexibility index (Phi) is 7.90. The fraction of sp³-hybridized carbons (Fsp3) is 0.588. The van der Waals surface area contributed by atoms with E-state index < -0.39 is 6.61 Å². The first-order valence-electron chi connectivity index (χ1n) is 8.00. The number of halogens is 3. The zero-order valence-electron chi connectivity index (χ0n) is 13.8. The maximum Gasteiger partial charge on any atom is 0.387 e. The third-order valence-electron chi connectivity index (χ3n) is 4.60. The zero-order chi connectivity index (χ0) is 16.9. The molecule has 136 valence electrons. The van der Waals surface area contributed by atoms with Gasteiger partial charge < -0.3 is 15.8 Å². The number of ether oxygens (including phenoxy) is 1. The lowest BCUT2D eigenvalue weighted by molar-refractivity contribution is -0.119. The number of hydrogen-bond acceptors (Lipinski definition) is 3. The minimum absolute atomic E-state index is 0. The molecule has 0 spiro atoms. The summed E-state index contributed by atoms with van der Waals surface area (Å²) in [5.74, 6) is -0.218. The number of nitrogens with one attached hydrogen (secondary N) is 1. The Bertz CT molecular complexity index is 549. The van der Waals surface area contributed by atoms with E-state index in [-0.39, 0.29) is 29.5 Å². The van der Waals surface area contributed by atoms with Crippen LogP contribution in [0.25, 0.3) is 0 Å². The predicted octanol–water partition coefficient (Wildman–Crippen LogP) is 4.26. The first-order valence-corrected chi connectivity index (χ1v) is 8.00. The van der Waals surface area contributed by atoms with Gasteiger partial charge in [0.05, 0.1) is 5.69 Å². The molecule has 3 N–H and O–H groups in total. The number of anilines is 1. The first kappa shape index (κ1) is 20.6. The predicted molar refractivity (Wildman–Crippen MR) is 92.9 cm³/mol. The molecule has 0 atom stereocenters. The molecular weight excluding hydrogens is 338 g/mol. The average molecular weight is 363 g/mol. The molecule has 0 heterocycles. The van der Waals surface area contributed by atoms with Gasteiger partial charge in [-0.25, -0.2) is 0 Å². The molecule has 0 unspecified atom stereocenters. The molecule has 0 saturated heterocycles. The molecule has 0 bridgehead atoms. The van der Waals surface area contributed by atoms with Gasteiger partial charge >= 0.3 is 6.61 Å². The fourth-order valence-electron chi connectivity index (χ4n) is 3.27. The van der Waals surface area contributed by atoms with E-state index in [1.807, 2.05) is 0 Å². The Hall–Kier alpha value is -1.40. The Labute approximate surface area is 147 Å². The number of hydrogen-bond donors (Lipinski definition) is 2. The highest BCUT2D eigenvalue weighted by Gasteiger charge is 2.33. The molecule has 1 aromatic carbocycles. The number of carbonyl (C=O) groups is 1. The summed E-state index contributed by atoms with van der Waals surface area (Å²) in [7, 11) is 0. The van der Waals surface area contributed by atoms with Gasteiger partial charge in [0.1, 0.15) is 5.75 Å². The Balaban J connectivity index is 0.00000288. The van der Waals surface area contributed by atoms with Crippen molar-refractivity contribution in [2.45, 2.75) is 52.1 Å². The number of aryl methyl sites for hydroxylation is 1. The van der Waals surface area contributed by atoms with E-state index in [0.717, 1.165) is 25.7 Å². The summed E-state index contributed by atoms with van der Waals surface area (Å²) < 4.78 is 29.5. The van der Waals surface area contributed by atoms with Crippen LogP contribution in [0.2, 0.25) is 0 Å². The smallest absolute Gasteiger partial charge is 0.387 e. The van der Waals surface area contributed by atoms with Crippen LogP contribution in [-0.4, -0.2) is 19.1 Å². The van der Waals surface area contributed by atoms with Gasteiger partial charge in [-0.05, 0) is 43.4 Å². The molecule has 7 heteroatoms. The molecular formula is C17H25ClF2N2O2. The SMILES string of the molecule is Cc1cccc(OC(F)F)c1NC(=O)CC1(CN)CCCCC1.Cl. The monoisotopic (exact) mass is 362 g/mol. The Morgan fingerprint density at radius 2 is 2.00 bits per heavy atom. The molecule has 1 fully saturated rings. The molecule has 1 aromatic rings. The number of alkyl halides is 2. The topological polar surface area (TPSA) is 64.3 Å². The fourth-order valence-corrected chi connectivity index (χ4v) is 3.27. The van der Waals surface area contributed by atoms with Gasteiger partial charge in [0.15, 0.2) is 0 Å². The van der Waals surface area contributed by atoms with Crippen molar-refractivity contribution in [3.63, 3.8) is 0 Å². The number of rotatable bonds is 6. The highest BCUT2D eigenvalue weighted by Crippen LogP contribution is 2.39. The van der Waals surface area contributed by atoms with Crippen LogP contribution in [0, 0.1) is 12.3 Å². The summed E-state index contributed by atoms with van der Waals surface area (Å²) in [5, 5.41) is 2.74. The number of para-hydroxylation sites is 1. The zero-order valence-corrected chi connectivity index (χ0v) is 14.6. The molecule has 2 rings (SSSR count). The van der Waals surface area contributed by atoms with Crippen molar-refractivity contribution in [3.8, 4) is 5.75 Å². The maximum atomic E-state index is 12.5. The summed E-state index contributed by atoms with van der Waals surface area (Å²) in [4.78, 5) is 12.4. The minimum Gasteiger partial charge on any atom is -0.433 e. The number of amides is 1. The van der Waals surface area contributed by atoms with Crippen LogP contribution >= 0.6 is 12.4 Å². The van der Waals surface area contributed by atoms with Crippen LogP contribution in [-0.2, 0) is 4.79 Å². The quantitative estimate of drug-likeness (QED) is 0.794. The summed E-state index contributed by atoms with van der Waals surface area (Å²) >= 11 is 0. The molecule has 4 nitrogen and oxygen atoms in total. The molecule has 1 aliphatic carbocycles. The van der Waals surface area contributed by atoms with Crippen LogP contribution < -0.4 is 15.8 Å². The third-order valence-corrected chi connectivity index (χ3v) is 4.60. The van der Waals surface area contributed by atoms with E-state index in [1.165, 1.54) is 12.5 Å².